The van der Waals surface area contributed by atoms with Gasteiger partial charge in [-0.25, -0.2) is 4.79 Å². The number of esters is 1. The zero-order valence-electron chi connectivity index (χ0n) is 19.0. The first kappa shape index (κ1) is 24.5. The van der Waals surface area contributed by atoms with E-state index in [4.69, 9.17) is 4.74 Å². The molecule has 0 unspecified atom stereocenters. The number of hydrogen-bond donors (Lipinski definition) is 0. The summed E-state index contributed by atoms with van der Waals surface area (Å²) in [6.45, 7) is 14.0. The summed E-state index contributed by atoms with van der Waals surface area (Å²) in [5, 5.41) is 0. The highest BCUT2D eigenvalue weighted by Crippen LogP contribution is 2.40. The van der Waals surface area contributed by atoms with Gasteiger partial charge in [0.1, 0.15) is 0 Å². The lowest BCUT2D eigenvalue weighted by Crippen LogP contribution is -2.62. The molecule has 1 aliphatic heterocycles. The Morgan fingerprint density at radius 1 is 1.04 bits per heavy atom. The number of piperidine rings is 1. The number of rotatable bonds is 12. The molecule has 0 radical (unpaired) electrons. The smallest absolute Gasteiger partial charge is 0.332 e. The van der Waals surface area contributed by atoms with Gasteiger partial charge in [0.15, 0.2) is 0 Å². The summed E-state index contributed by atoms with van der Waals surface area (Å²) in [7, 11) is 0. The van der Waals surface area contributed by atoms with Crippen LogP contribution < -0.4 is 0 Å². The van der Waals surface area contributed by atoms with Gasteiger partial charge in [0.25, 0.3) is 0 Å². The fourth-order valence-electron chi connectivity index (χ4n) is 4.60. The van der Waals surface area contributed by atoms with Crippen LogP contribution in [0.4, 0.5) is 0 Å². The van der Waals surface area contributed by atoms with Crippen LogP contribution in [0.3, 0.4) is 0 Å². The first-order chi connectivity index (χ1) is 13.2. The van der Waals surface area contributed by atoms with Crippen molar-refractivity contribution in [2.75, 3.05) is 13.2 Å². The van der Waals surface area contributed by atoms with E-state index in [0.717, 1.165) is 32.2 Å². The minimum atomic E-state index is -0.311. The Morgan fingerprint density at radius 3 is 2.14 bits per heavy atom. The minimum Gasteiger partial charge on any atom is -0.463 e. The van der Waals surface area contributed by atoms with Crippen molar-refractivity contribution in [2.45, 2.75) is 110 Å². The molecule has 0 saturated carbocycles. The van der Waals surface area contributed by atoms with Crippen LogP contribution in [0.5, 0.6) is 0 Å². The van der Waals surface area contributed by atoms with Gasteiger partial charge >= 0.3 is 5.97 Å². The lowest BCUT2D eigenvalue weighted by Gasteiger charge is -2.56. The van der Waals surface area contributed by atoms with Gasteiger partial charge in [-0.2, -0.15) is 0 Å². The lowest BCUT2D eigenvalue weighted by molar-refractivity contribution is -0.137. The van der Waals surface area contributed by atoms with Crippen molar-refractivity contribution in [1.29, 1.82) is 0 Å². The van der Waals surface area contributed by atoms with E-state index >= 15 is 0 Å². The monoisotopic (exact) mass is 394 g/mol. The van der Waals surface area contributed by atoms with E-state index in [1.54, 1.807) is 0 Å². The van der Waals surface area contributed by atoms with Crippen LogP contribution >= 0.6 is 0 Å². The Kier molecular flexibility index (Phi) is 10.0. The van der Waals surface area contributed by atoms with Gasteiger partial charge in [0.2, 0.25) is 6.41 Å². The van der Waals surface area contributed by atoms with E-state index in [2.05, 4.69) is 39.5 Å². The van der Waals surface area contributed by atoms with Gasteiger partial charge in [-0.1, -0.05) is 39.0 Å². The largest absolute Gasteiger partial charge is 0.463 e. The van der Waals surface area contributed by atoms with Gasteiger partial charge in [-0.05, 0) is 53.9 Å². The van der Waals surface area contributed by atoms with Crippen molar-refractivity contribution in [3.8, 4) is 0 Å². The summed E-state index contributed by atoms with van der Waals surface area (Å²) in [5.41, 5.74) is -0.310. The fraction of sp³-hybridized carbons (Fsp3) is 0.826. The highest BCUT2D eigenvalue weighted by atomic mass is 16.5. The molecule has 5 heteroatoms. The SMILES string of the molecule is CCCCCCCCN(C=O)C1CC(C)(C)N(C=CC(=O)OCC)C(C)(C)C1. The third kappa shape index (κ3) is 7.48. The van der Waals surface area contributed by atoms with E-state index in [1.807, 2.05) is 18.0 Å². The summed E-state index contributed by atoms with van der Waals surface area (Å²) in [5.74, 6) is -0.311. The second-order valence-corrected chi connectivity index (χ2v) is 9.24. The van der Waals surface area contributed by atoms with E-state index < -0.39 is 0 Å². The fourth-order valence-corrected chi connectivity index (χ4v) is 4.60. The number of hydrogen-bond acceptors (Lipinski definition) is 4. The molecule has 0 N–H and O–H groups in total. The predicted octanol–water partition coefficient (Wildman–Crippen LogP) is 4.90. The third-order valence-corrected chi connectivity index (χ3v) is 5.80. The third-order valence-electron chi connectivity index (χ3n) is 5.80. The van der Waals surface area contributed by atoms with Crippen molar-refractivity contribution >= 4 is 12.4 Å². The number of carbonyl (C=O) groups is 2. The molecule has 1 aliphatic rings. The standard InChI is InChI=1S/C23H42N2O3/c1-7-9-10-11-12-13-15-24(19-26)20-17-22(3,4)25(23(5,6)18-20)16-14-21(27)28-8-2/h14,16,19-20H,7-13,15,17-18H2,1-6H3. The Balaban J connectivity index is 2.72. The number of unbranched alkanes of at least 4 members (excludes halogenated alkanes) is 5. The van der Waals surface area contributed by atoms with Crippen molar-refractivity contribution in [1.82, 2.24) is 9.80 Å². The average molecular weight is 395 g/mol. The van der Waals surface area contributed by atoms with E-state index in [9.17, 15) is 9.59 Å². The van der Waals surface area contributed by atoms with Crippen LogP contribution in [0.15, 0.2) is 12.3 Å². The number of ether oxygens (including phenoxy) is 1. The molecule has 0 atom stereocenters. The zero-order chi connectivity index (χ0) is 21.2. The lowest BCUT2D eigenvalue weighted by atomic mass is 9.76. The minimum absolute atomic E-state index is 0.155. The van der Waals surface area contributed by atoms with Crippen LogP contribution in [-0.2, 0) is 14.3 Å². The maximum absolute atomic E-state index is 11.8. The van der Waals surface area contributed by atoms with Crippen molar-refractivity contribution in [2.24, 2.45) is 0 Å². The number of nitrogens with zero attached hydrogens (tertiary/aromatic N) is 2. The van der Waals surface area contributed by atoms with Crippen molar-refractivity contribution in [3.05, 3.63) is 12.3 Å². The van der Waals surface area contributed by atoms with Crippen LogP contribution in [0.2, 0.25) is 0 Å². The molecule has 1 heterocycles. The summed E-state index contributed by atoms with van der Waals surface area (Å²) in [4.78, 5) is 27.8. The maximum Gasteiger partial charge on any atom is 0.332 e. The molecule has 0 aromatic rings. The molecule has 162 valence electrons. The topological polar surface area (TPSA) is 49.9 Å². The summed E-state index contributed by atoms with van der Waals surface area (Å²) < 4.78 is 5.02. The Morgan fingerprint density at radius 2 is 1.61 bits per heavy atom. The Hall–Kier alpha value is -1.52. The quantitative estimate of drug-likeness (QED) is 0.204. The molecular weight excluding hydrogens is 352 g/mol. The van der Waals surface area contributed by atoms with Gasteiger partial charge < -0.3 is 14.5 Å². The number of amides is 1. The highest BCUT2D eigenvalue weighted by Gasteiger charge is 2.45. The normalized spacial score (nSPS) is 19.0. The van der Waals surface area contributed by atoms with Crippen LogP contribution in [0.1, 0.15) is 92.9 Å². The molecule has 1 amide bonds. The van der Waals surface area contributed by atoms with Gasteiger partial charge in [0, 0.05) is 35.9 Å². The maximum atomic E-state index is 11.8. The summed E-state index contributed by atoms with van der Waals surface area (Å²) >= 11 is 0. The molecule has 28 heavy (non-hydrogen) atoms. The molecule has 1 fully saturated rings. The van der Waals surface area contributed by atoms with E-state index in [1.165, 1.54) is 38.2 Å². The average Bonchev–Trinajstić information content (AvgIpc) is 2.59. The van der Waals surface area contributed by atoms with Crippen LogP contribution in [0, 0.1) is 0 Å². The zero-order valence-corrected chi connectivity index (χ0v) is 19.0. The molecule has 5 nitrogen and oxygen atoms in total. The Bertz CT molecular complexity index is 496. The van der Waals surface area contributed by atoms with Crippen molar-refractivity contribution < 1.29 is 14.3 Å². The predicted molar refractivity (Wildman–Crippen MR) is 115 cm³/mol. The molecular formula is C23H42N2O3. The van der Waals surface area contributed by atoms with Crippen LogP contribution in [0.25, 0.3) is 0 Å². The number of likely N-dealkylation sites (tertiary alicyclic amines) is 1. The van der Waals surface area contributed by atoms with E-state index in [-0.39, 0.29) is 23.1 Å². The molecule has 0 spiro atoms. The first-order valence-corrected chi connectivity index (χ1v) is 11.0. The molecule has 0 aromatic carbocycles. The second-order valence-electron chi connectivity index (χ2n) is 9.24. The second kappa shape index (κ2) is 11.5. The molecule has 0 aromatic heterocycles. The summed E-state index contributed by atoms with van der Waals surface area (Å²) in [6.07, 6.45) is 13.6. The molecule has 1 saturated heterocycles. The summed E-state index contributed by atoms with van der Waals surface area (Å²) in [6, 6.07) is 0.227. The van der Waals surface area contributed by atoms with Gasteiger partial charge in [-0.3, -0.25) is 4.79 Å². The van der Waals surface area contributed by atoms with Crippen molar-refractivity contribution in [3.63, 3.8) is 0 Å². The Labute approximate surface area is 172 Å². The highest BCUT2D eigenvalue weighted by molar-refractivity contribution is 5.81. The number of carbonyl (C=O) groups excluding carboxylic acids is 2. The molecule has 0 bridgehead atoms. The molecule has 0 aliphatic carbocycles. The van der Waals surface area contributed by atoms with Gasteiger partial charge in [-0.15, -0.1) is 0 Å². The molecule has 1 rings (SSSR count). The first-order valence-electron chi connectivity index (χ1n) is 11.0. The van der Waals surface area contributed by atoms with E-state index in [0.29, 0.717) is 6.61 Å². The van der Waals surface area contributed by atoms with Gasteiger partial charge in [0.05, 0.1) is 6.61 Å². The van der Waals surface area contributed by atoms with Crippen LogP contribution in [-0.4, -0.2) is 52.5 Å².